The normalized spacial score (nSPS) is 12.7. The molecule has 1 atom stereocenters. The molecule has 1 aromatic carbocycles. The maximum atomic E-state index is 13.7. The topological polar surface area (TPSA) is 21.3 Å². The van der Waals surface area contributed by atoms with Crippen molar-refractivity contribution in [3.05, 3.63) is 35.1 Å². The van der Waals surface area contributed by atoms with Crippen molar-refractivity contribution >= 4 is 0 Å². The molecule has 0 spiro atoms. The highest BCUT2D eigenvalue weighted by Crippen LogP contribution is 2.23. The molecule has 0 amide bonds. The summed E-state index contributed by atoms with van der Waals surface area (Å²) in [5.41, 5.74) is 0.140. The lowest BCUT2D eigenvalue weighted by Crippen LogP contribution is -2.24. The second kappa shape index (κ2) is 8.17. The number of ether oxygens (including phenoxy) is 1. The van der Waals surface area contributed by atoms with Gasteiger partial charge in [0.2, 0.25) is 0 Å². The largest absolute Gasteiger partial charge is 0.381 e. The molecule has 0 aromatic heterocycles. The minimum atomic E-state index is -1.42. The molecule has 19 heavy (non-hydrogen) atoms. The molecule has 2 nitrogen and oxygen atoms in total. The molecule has 1 N–H and O–H groups in total. The predicted octanol–water partition coefficient (Wildman–Crippen LogP) is 3.57. The number of rotatable bonds is 8. The van der Waals surface area contributed by atoms with Crippen molar-refractivity contribution in [1.29, 1.82) is 0 Å². The Morgan fingerprint density at radius 1 is 1.11 bits per heavy atom. The summed E-state index contributed by atoms with van der Waals surface area (Å²) in [4.78, 5) is 0. The molecule has 1 rings (SSSR count). The molecule has 0 aliphatic rings. The van der Waals surface area contributed by atoms with Crippen LogP contribution in [0.25, 0.3) is 0 Å². The highest BCUT2D eigenvalue weighted by atomic mass is 19.2. The van der Waals surface area contributed by atoms with Crippen molar-refractivity contribution in [2.75, 3.05) is 19.8 Å². The highest BCUT2D eigenvalue weighted by molar-refractivity contribution is 5.23. The molecule has 0 aliphatic carbocycles. The Morgan fingerprint density at radius 3 is 2.47 bits per heavy atom. The summed E-state index contributed by atoms with van der Waals surface area (Å²) >= 11 is 0. The molecule has 108 valence electrons. The Balaban J connectivity index is 2.78. The van der Waals surface area contributed by atoms with Gasteiger partial charge in [-0.15, -0.1) is 0 Å². The number of hydrogen-bond donors (Lipinski definition) is 1. The van der Waals surface area contributed by atoms with E-state index in [2.05, 4.69) is 5.32 Å². The number of benzene rings is 1. The van der Waals surface area contributed by atoms with Gasteiger partial charge in [-0.05, 0) is 25.5 Å². The first-order valence-corrected chi connectivity index (χ1v) is 6.56. The Morgan fingerprint density at radius 2 is 1.84 bits per heavy atom. The van der Waals surface area contributed by atoms with Gasteiger partial charge in [0.1, 0.15) is 0 Å². The van der Waals surface area contributed by atoms with Crippen LogP contribution < -0.4 is 5.32 Å². The molecular formula is C14H20F3NO. The molecule has 1 unspecified atom stereocenters. The number of hydrogen-bond acceptors (Lipinski definition) is 2. The summed E-state index contributed by atoms with van der Waals surface area (Å²) in [6, 6.07) is 1.85. The summed E-state index contributed by atoms with van der Waals surface area (Å²) in [5, 5.41) is 3.05. The van der Waals surface area contributed by atoms with Gasteiger partial charge in [-0.3, -0.25) is 0 Å². The van der Waals surface area contributed by atoms with Crippen LogP contribution >= 0.6 is 0 Å². The Kier molecular flexibility index (Phi) is 6.87. The van der Waals surface area contributed by atoms with Crippen LogP contribution in [0.4, 0.5) is 13.2 Å². The molecular weight excluding hydrogens is 255 g/mol. The Bertz CT molecular complexity index is 399. The average Bonchev–Trinajstić information content (AvgIpc) is 2.40. The van der Waals surface area contributed by atoms with E-state index in [1.54, 1.807) is 0 Å². The van der Waals surface area contributed by atoms with Crippen LogP contribution in [0.1, 0.15) is 38.3 Å². The lowest BCUT2D eigenvalue weighted by molar-refractivity contribution is 0.124. The third kappa shape index (κ3) is 4.51. The Hall–Kier alpha value is -1.07. The number of halogens is 3. The van der Waals surface area contributed by atoms with E-state index in [1.807, 2.05) is 13.8 Å². The van der Waals surface area contributed by atoms with Gasteiger partial charge in [0.25, 0.3) is 0 Å². The Labute approximate surface area is 112 Å². The van der Waals surface area contributed by atoms with Crippen molar-refractivity contribution in [1.82, 2.24) is 5.32 Å². The van der Waals surface area contributed by atoms with Crippen LogP contribution in [0, 0.1) is 17.5 Å². The van der Waals surface area contributed by atoms with Gasteiger partial charge < -0.3 is 10.1 Å². The zero-order valence-electron chi connectivity index (χ0n) is 11.3. The van der Waals surface area contributed by atoms with E-state index < -0.39 is 17.5 Å². The summed E-state index contributed by atoms with van der Waals surface area (Å²) in [6.07, 6.45) is 1.42. The fourth-order valence-corrected chi connectivity index (χ4v) is 1.87. The summed E-state index contributed by atoms with van der Waals surface area (Å²) < 4.78 is 45.2. The van der Waals surface area contributed by atoms with Crippen LogP contribution in [0.3, 0.4) is 0 Å². The van der Waals surface area contributed by atoms with Crippen molar-refractivity contribution in [3.63, 3.8) is 0 Å². The molecule has 0 radical (unpaired) electrons. The van der Waals surface area contributed by atoms with Crippen molar-refractivity contribution in [2.45, 2.75) is 32.7 Å². The average molecular weight is 275 g/mol. The van der Waals surface area contributed by atoms with Crippen LogP contribution in [-0.2, 0) is 4.74 Å². The van der Waals surface area contributed by atoms with Gasteiger partial charge in [-0.25, -0.2) is 13.2 Å². The lowest BCUT2D eigenvalue weighted by atomic mass is 10.0. The predicted molar refractivity (Wildman–Crippen MR) is 68.5 cm³/mol. The van der Waals surface area contributed by atoms with Crippen molar-refractivity contribution < 1.29 is 17.9 Å². The highest BCUT2D eigenvalue weighted by Gasteiger charge is 2.20. The van der Waals surface area contributed by atoms with Gasteiger partial charge in [-0.1, -0.05) is 19.9 Å². The fraction of sp³-hybridized carbons (Fsp3) is 0.571. The SMILES string of the molecule is CCCOCCC(NCC)c1ccc(F)c(F)c1F. The minimum Gasteiger partial charge on any atom is -0.381 e. The molecule has 0 bridgehead atoms. The maximum Gasteiger partial charge on any atom is 0.194 e. The summed E-state index contributed by atoms with van der Waals surface area (Å²) in [5.74, 6) is -3.71. The monoisotopic (exact) mass is 275 g/mol. The quantitative estimate of drug-likeness (QED) is 0.578. The van der Waals surface area contributed by atoms with Crippen molar-refractivity contribution in [3.8, 4) is 0 Å². The van der Waals surface area contributed by atoms with Gasteiger partial charge in [0.05, 0.1) is 0 Å². The number of nitrogens with one attached hydrogen (secondary N) is 1. The lowest BCUT2D eigenvalue weighted by Gasteiger charge is -2.19. The smallest absolute Gasteiger partial charge is 0.194 e. The first kappa shape index (κ1) is 16.0. The van der Waals surface area contributed by atoms with Crippen LogP contribution in [0.2, 0.25) is 0 Å². The van der Waals surface area contributed by atoms with Crippen molar-refractivity contribution in [2.24, 2.45) is 0 Å². The zero-order chi connectivity index (χ0) is 14.3. The standard InChI is InChI=1S/C14H20F3NO/c1-3-8-19-9-7-12(18-4-2)10-5-6-11(15)14(17)13(10)16/h5-6,12,18H,3-4,7-9H2,1-2H3. The van der Waals surface area contributed by atoms with Gasteiger partial charge in [0.15, 0.2) is 17.5 Å². The second-order valence-electron chi connectivity index (χ2n) is 4.28. The van der Waals surface area contributed by atoms with Crippen LogP contribution in [0.5, 0.6) is 0 Å². The third-order valence-electron chi connectivity index (χ3n) is 2.79. The second-order valence-corrected chi connectivity index (χ2v) is 4.28. The third-order valence-corrected chi connectivity index (χ3v) is 2.79. The molecule has 0 saturated carbocycles. The summed E-state index contributed by atoms with van der Waals surface area (Å²) in [7, 11) is 0. The molecule has 0 fully saturated rings. The van der Waals surface area contributed by atoms with E-state index in [-0.39, 0.29) is 11.6 Å². The van der Waals surface area contributed by atoms with E-state index >= 15 is 0 Å². The molecule has 1 aromatic rings. The van der Waals surface area contributed by atoms with E-state index in [0.717, 1.165) is 12.5 Å². The van der Waals surface area contributed by atoms with Crippen LogP contribution in [-0.4, -0.2) is 19.8 Å². The van der Waals surface area contributed by atoms with E-state index in [1.165, 1.54) is 6.07 Å². The molecule has 0 heterocycles. The zero-order valence-corrected chi connectivity index (χ0v) is 11.3. The van der Waals surface area contributed by atoms with Crippen LogP contribution in [0.15, 0.2) is 12.1 Å². The maximum absolute atomic E-state index is 13.7. The fourth-order valence-electron chi connectivity index (χ4n) is 1.87. The molecule has 0 saturated heterocycles. The van der Waals surface area contributed by atoms with Gasteiger partial charge in [-0.2, -0.15) is 0 Å². The molecule has 5 heteroatoms. The first-order chi connectivity index (χ1) is 9.11. The first-order valence-electron chi connectivity index (χ1n) is 6.56. The molecule has 0 aliphatic heterocycles. The van der Waals surface area contributed by atoms with E-state index in [0.29, 0.717) is 26.2 Å². The summed E-state index contributed by atoms with van der Waals surface area (Å²) in [6.45, 7) is 5.56. The van der Waals surface area contributed by atoms with Gasteiger partial charge in [0, 0.05) is 24.8 Å². The van der Waals surface area contributed by atoms with Gasteiger partial charge >= 0.3 is 0 Å². The van der Waals surface area contributed by atoms with E-state index in [4.69, 9.17) is 4.74 Å². The minimum absolute atomic E-state index is 0.140. The van der Waals surface area contributed by atoms with E-state index in [9.17, 15) is 13.2 Å².